The van der Waals surface area contributed by atoms with Gasteiger partial charge in [0.1, 0.15) is 0 Å². The fourth-order valence-corrected chi connectivity index (χ4v) is 2.83. The molecule has 0 aliphatic carbocycles. The van der Waals surface area contributed by atoms with Crippen LogP contribution in [0.1, 0.15) is 36.0 Å². The van der Waals surface area contributed by atoms with Gasteiger partial charge >= 0.3 is 0 Å². The summed E-state index contributed by atoms with van der Waals surface area (Å²) in [4.78, 5) is 25.5. The number of hydrogen-bond donors (Lipinski definition) is 1. The molecule has 21 heavy (non-hydrogen) atoms. The van der Waals surface area contributed by atoms with E-state index in [0.29, 0.717) is 18.5 Å². The molecule has 5 heteroatoms. The Morgan fingerprint density at radius 3 is 2.71 bits per heavy atom. The predicted molar refractivity (Wildman–Crippen MR) is 79.3 cm³/mol. The summed E-state index contributed by atoms with van der Waals surface area (Å²) in [7, 11) is 0. The second-order valence-corrected chi connectivity index (χ2v) is 5.54. The summed E-state index contributed by atoms with van der Waals surface area (Å²) in [6.45, 7) is 2.12. The van der Waals surface area contributed by atoms with Gasteiger partial charge in [0.25, 0.3) is 5.91 Å². The molecule has 1 atom stereocenters. The molecule has 0 unspecified atom stereocenters. The van der Waals surface area contributed by atoms with Gasteiger partial charge in [-0.1, -0.05) is 0 Å². The van der Waals surface area contributed by atoms with Crippen LogP contribution >= 0.6 is 0 Å². The Morgan fingerprint density at radius 1 is 1.29 bits per heavy atom. The number of rotatable bonds is 4. The van der Waals surface area contributed by atoms with Crippen LogP contribution in [-0.4, -0.2) is 37.6 Å². The van der Waals surface area contributed by atoms with E-state index in [0.717, 1.165) is 38.1 Å². The number of amides is 2. The lowest BCUT2D eigenvalue weighted by Gasteiger charge is -2.16. The molecule has 2 fully saturated rings. The molecule has 0 spiro atoms. The van der Waals surface area contributed by atoms with Gasteiger partial charge in [-0.2, -0.15) is 0 Å². The second-order valence-electron chi connectivity index (χ2n) is 5.54. The van der Waals surface area contributed by atoms with Crippen LogP contribution in [0.4, 0.5) is 5.69 Å². The fraction of sp³-hybridized carbons (Fsp3) is 0.500. The lowest BCUT2D eigenvalue weighted by atomic mass is 10.1. The first kappa shape index (κ1) is 14.1. The third kappa shape index (κ3) is 3.24. The molecular formula is C16H20N2O3. The van der Waals surface area contributed by atoms with Gasteiger partial charge in [0.15, 0.2) is 0 Å². The molecule has 1 aromatic carbocycles. The number of anilines is 1. The number of carbonyl (C=O) groups is 2. The lowest BCUT2D eigenvalue weighted by molar-refractivity contribution is -0.117. The maximum absolute atomic E-state index is 12.1. The molecule has 0 aromatic heterocycles. The lowest BCUT2D eigenvalue weighted by Crippen LogP contribution is -2.31. The average molecular weight is 288 g/mol. The Hall–Kier alpha value is -1.88. The summed E-state index contributed by atoms with van der Waals surface area (Å²) < 4.78 is 5.48. The first-order valence-electron chi connectivity index (χ1n) is 7.54. The van der Waals surface area contributed by atoms with E-state index < -0.39 is 0 Å². The van der Waals surface area contributed by atoms with E-state index in [1.807, 2.05) is 12.1 Å². The summed E-state index contributed by atoms with van der Waals surface area (Å²) >= 11 is 0. The monoisotopic (exact) mass is 288 g/mol. The molecule has 3 rings (SSSR count). The maximum atomic E-state index is 12.1. The molecule has 112 valence electrons. The third-order valence-corrected chi connectivity index (χ3v) is 4.03. The molecule has 0 saturated carbocycles. The Balaban J connectivity index is 1.58. The van der Waals surface area contributed by atoms with Crippen molar-refractivity contribution in [1.82, 2.24) is 5.32 Å². The first-order valence-corrected chi connectivity index (χ1v) is 7.54. The van der Waals surface area contributed by atoms with E-state index in [9.17, 15) is 9.59 Å². The number of hydrogen-bond acceptors (Lipinski definition) is 3. The van der Waals surface area contributed by atoms with Gasteiger partial charge in [-0.25, -0.2) is 0 Å². The molecule has 0 radical (unpaired) electrons. The van der Waals surface area contributed by atoms with Crippen LogP contribution in [0.15, 0.2) is 24.3 Å². The molecule has 5 nitrogen and oxygen atoms in total. The minimum atomic E-state index is -0.0928. The molecule has 1 N–H and O–H groups in total. The van der Waals surface area contributed by atoms with Crippen molar-refractivity contribution >= 4 is 17.5 Å². The Labute approximate surface area is 124 Å². The van der Waals surface area contributed by atoms with Crippen molar-refractivity contribution in [3.63, 3.8) is 0 Å². The van der Waals surface area contributed by atoms with E-state index in [1.165, 1.54) is 0 Å². The Morgan fingerprint density at radius 2 is 2.10 bits per heavy atom. The van der Waals surface area contributed by atoms with Crippen LogP contribution in [-0.2, 0) is 9.53 Å². The number of nitrogens with one attached hydrogen (secondary N) is 1. The fourth-order valence-electron chi connectivity index (χ4n) is 2.83. The van der Waals surface area contributed by atoms with E-state index in [1.54, 1.807) is 17.0 Å². The number of carbonyl (C=O) groups excluding carboxylic acids is 2. The van der Waals surface area contributed by atoms with Crippen molar-refractivity contribution in [2.75, 3.05) is 24.6 Å². The van der Waals surface area contributed by atoms with Crippen molar-refractivity contribution in [3.05, 3.63) is 29.8 Å². The van der Waals surface area contributed by atoms with Crippen molar-refractivity contribution in [3.8, 4) is 0 Å². The molecule has 2 aliphatic heterocycles. The van der Waals surface area contributed by atoms with Crippen molar-refractivity contribution in [2.45, 2.75) is 31.8 Å². The highest BCUT2D eigenvalue weighted by Gasteiger charge is 2.22. The topological polar surface area (TPSA) is 58.6 Å². The van der Waals surface area contributed by atoms with E-state index in [4.69, 9.17) is 4.74 Å². The van der Waals surface area contributed by atoms with Gasteiger partial charge in [0.05, 0.1) is 6.10 Å². The smallest absolute Gasteiger partial charge is 0.251 e. The average Bonchev–Trinajstić information content (AvgIpc) is 3.16. The highest BCUT2D eigenvalue weighted by Crippen LogP contribution is 2.21. The summed E-state index contributed by atoms with van der Waals surface area (Å²) in [5, 5.41) is 2.89. The molecular weight excluding hydrogens is 268 g/mol. The molecule has 2 heterocycles. The van der Waals surface area contributed by atoms with Gasteiger partial charge < -0.3 is 15.0 Å². The molecule has 2 aliphatic rings. The Kier molecular flexibility index (Phi) is 4.20. The van der Waals surface area contributed by atoms with Crippen LogP contribution in [0.2, 0.25) is 0 Å². The summed E-state index contributed by atoms with van der Waals surface area (Å²) in [5.74, 6) is 0.0652. The van der Waals surface area contributed by atoms with Crippen LogP contribution in [0, 0.1) is 0 Å². The van der Waals surface area contributed by atoms with Gasteiger partial charge in [-0.3, -0.25) is 9.59 Å². The predicted octanol–water partition coefficient (Wildman–Crippen LogP) is 1.72. The maximum Gasteiger partial charge on any atom is 0.251 e. The zero-order valence-electron chi connectivity index (χ0n) is 12.0. The number of ether oxygens (including phenoxy) is 1. The van der Waals surface area contributed by atoms with Gasteiger partial charge in [-0.05, 0) is 43.5 Å². The molecule has 1 aromatic rings. The normalized spacial score (nSPS) is 21.8. The number of benzene rings is 1. The van der Waals surface area contributed by atoms with Crippen LogP contribution in [0.25, 0.3) is 0 Å². The third-order valence-electron chi connectivity index (χ3n) is 4.03. The largest absolute Gasteiger partial charge is 0.376 e. The highest BCUT2D eigenvalue weighted by atomic mass is 16.5. The zero-order valence-corrected chi connectivity index (χ0v) is 12.0. The molecule has 2 amide bonds. The highest BCUT2D eigenvalue weighted by molar-refractivity contribution is 5.97. The summed E-state index contributed by atoms with van der Waals surface area (Å²) in [6, 6.07) is 7.21. The Bertz CT molecular complexity index is 521. The SMILES string of the molecule is O=C(NC[C@@H]1CCCO1)c1ccc(N2CCCC2=O)cc1. The van der Waals surface area contributed by atoms with Gasteiger partial charge in [0.2, 0.25) is 5.91 Å². The summed E-state index contributed by atoms with van der Waals surface area (Å²) in [5.41, 5.74) is 1.48. The van der Waals surface area contributed by atoms with E-state index >= 15 is 0 Å². The zero-order chi connectivity index (χ0) is 14.7. The van der Waals surface area contributed by atoms with Gasteiger partial charge in [0, 0.05) is 37.4 Å². The summed E-state index contributed by atoms with van der Waals surface area (Å²) in [6.07, 6.45) is 3.75. The molecule has 0 bridgehead atoms. The number of nitrogens with zero attached hydrogens (tertiary/aromatic N) is 1. The van der Waals surface area contributed by atoms with Crippen molar-refractivity contribution < 1.29 is 14.3 Å². The second kappa shape index (κ2) is 6.26. The van der Waals surface area contributed by atoms with E-state index in [-0.39, 0.29) is 17.9 Å². The van der Waals surface area contributed by atoms with Crippen molar-refractivity contribution in [1.29, 1.82) is 0 Å². The van der Waals surface area contributed by atoms with Crippen LogP contribution in [0.3, 0.4) is 0 Å². The minimum Gasteiger partial charge on any atom is -0.376 e. The van der Waals surface area contributed by atoms with Gasteiger partial charge in [-0.15, -0.1) is 0 Å². The first-order chi connectivity index (χ1) is 10.2. The standard InChI is InChI=1S/C16H20N2O3/c19-15-4-1-9-18(15)13-7-5-12(6-8-13)16(20)17-11-14-3-2-10-21-14/h5-8,14H,1-4,9-11H2,(H,17,20)/t14-/m0/s1. The minimum absolute atomic E-state index is 0.0928. The molecule has 2 saturated heterocycles. The quantitative estimate of drug-likeness (QED) is 0.918. The van der Waals surface area contributed by atoms with E-state index in [2.05, 4.69) is 5.32 Å². The van der Waals surface area contributed by atoms with Crippen LogP contribution < -0.4 is 10.2 Å². The van der Waals surface area contributed by atoms with Crippen LogP contribution in [0.5, 0.6) is 0 Å². The van der Waals surface area contributed by atoms with Crippen molar-refractivity contribution in [2.24, 2.45) is 0 Å².